The van der Waals surface area contributed by atoms with Crippen LogP contribution in [0.3, 0.4) is 0 Å². The Kier molecular flexibility index (Phi) is 4.00. The van der Waals surface area contributed by atoms with E-state index in [1.165, 1.54) is 12.1 Å². The summed E-state index contributed by atoms with van der Waals surface area (Å²) in [6.45, 7) is 1.33. The average Bonchev–Trinajstić information content (AvgIpc) is 3.36. The average molecular weight is 371 g/mol. The number of likely N-dealkylation sites (tertiary alicyclic amines) is 1. The van der Waals surface area contributed by atoms with E-state index < -0.39 is 0 Å². The molecule has 2 saturated carbocycles. The highest BCUT2D eigenvalue weighted by Gasteiger charge is 2.55. The van der Waals surface area contributed by atoms with Crippen LogP contribution in [0.1, 0.15) is 31.1 Å². The molecule has 0 N–H and O–H groups in total. The van der Waals surface area contributed by atoms with Crippen molar-refractivity contribution < 1.29 is 18.4 Å². The molecule has 1 aromatic heterocycles. The third-order valence-electron chi connectivity index (χ3n) is 6.52. The summed E-state index contributed by atoms with van der Waals surface area (Å²) >= 11 is 0. The first kappa shape index (κ1) is 16.9. The maximum atomic E-state index is 13.1. The predicted molar refractivity (Wildman–Crippen MR) is 94.1 cm³/mol. The van der Waals surface area contributed by atoms with E-state index >= 15 is 0 Å². The van der Waals surface area contributed by atoms with E-state index in [0.29, 0.717) is 42.2 Å². The molecule has 6 nitrogen and oxygen atoms in total. The predicted octanol–water partition coefficient (Wildman–Crippen LogP) is 2.86. The second kappa shape index (κ2) is 6.41. The quantitative estimate of drug-likeness (QED) is 0.827. The van der Waals surface area contributed by atoms with Gasteiger partial charge in [-0.25, -0.2) is 4.39 Å². The largest absolute Gasteiger partial charge is 0.378 e. The van der Waals surface area contributed by atoms with Gasteiger partial charge in [-0.2, -0.15) is 4.98 Å². The molecule has 2 aromatic rings. The van der Waals surface area contributed by atoms with Crippen LogP contribution in [-0.4, -0.2) is 47.3 Å². The summed E-state index contributed by atoms with van der Waals surface area (Å²) in [5.74, 6) is 1.61. The molecule has 1 saturated heterocycles. The van der Waals surface area contributed by atoms with Gasteiger partial charge in [-0.1, -0.05) is 5.16 Å². The van der Waals surface area contributed by atoms with E-state index in [-0.39, 0.29) is 29.7 Å². The van der Waals surface area contributed by atoms with Gasteiger partial charge in [0.15, 0.2) is 0 Å². The van der Waals surface area contributed by atoms with Crippen molar-refractivity contribution in [2.24, 2.45) is 17.8 Å². The number of fused-ring (bicyclic) bond motifs is 2. The Bertz CT molecular complexity index is 846. The molecular weight excluding hydrogens is 349 g/mol. The van der Waals surface area contributed by atoms with Gasteiger partial charge in [0, 0.05) is 25.8 Å². The van der Waals surface area contributed by atoms with Crippen molar-refractivity contribution in [1.82, 2.24) is 15.0 Å². The molecule has 0 radical (unpaired) electrons. The molecule has 2 bridgehead atoms. The minimum Gasteiger partial charge on any atom is -0.378 e. The van der Waals surface area contributed by atoms with E-state index in [1.807, 2.05) is 4.90 Å². The molecule has 0 spiro atoms. The van der Waals surface area contributed by atoms with Gasteiger partial charge in [-0.3, -0.25) is 4.79 Å². The molecule has 3 fully saturated rings. The molecule has 0 unspecified atom stereocenters. The monoisotopic (exact) mass is 371 g/mol. The number of amides is 1. The number of benzene rings is 1. The van der Waals surface area contributed by atoms with Crippen LogP contribution in [0, 0.1) is 23.6 Å². The Morgan fingerprint density at radius 2 is 1.96 bits per heavy atom. The van der Waals surface area contributed by atoms with Crippen molar-refractivity contribution in [1.29, 1.82) is 0 Å². The van der Waals surface area contributed by atoms with E-state index in [2.05, 4.69) is 10.1 Å². The highest BCUT2D eigenvalue weighted by molar-refractivity contribution is 5.81. The van der Waals surface area contributed by atoms with Gasteiger partial charge in [-0.05, 0) is 55.4 Å². The smallest absolute Gasteiger partial charge is 0.231 e. The molecule has 1 aromatic carbocycles. The summed E-state index contributed by atoms with van der Waals surface area (Å²) in [6.07, 6.45) is 3.41. The van der Waals surface area contributed by atoms with Gasteiger partial charge in [0.05, 0.1) is 17.9 Å². The number of hydrogen-bond acceptors (Lipinski definition) is 5. The SMILES string of the molecule is COC1CN(C(=O)[C@H]2[C@H]3CC[C@H](C3)[C@@H]2c2nc(-c3ccc(F)cc3)no2)C1. The third kappa shape index (κ3) is 2.76. The van der Waals surface area contributed by atoms with E-state index in [1.54, 1.807) is 19.2 Å². The van der Waals surface area contributed by atoms with Gasteiger partial charge in [0.2, 0.25) is 17.6 Å². The second-order valence-electron chi connectivity index (χ2n) is 7.95. The van der Waals surface area contributed by atoms with Crippen molar-refractivity contribution in [2.75, 3.05) is 20.2 Å². The number of nitrogens with zero attached hydrogens (tertiary/aromatic N) is 3. The lowest BCUT2D eigenvalue weighted by atomic mass is 9.78. The van der Waals surface area contributed by atoms with Crippen LogP contribution in [0.15, 0.2) is 28.8 Å². The number of rotatable bonds is 4. The number of hydrogen-bond donors (Lipinski definition) is 0. The van der Waals surface area contributed by atoms with Crippen molar-refractivity contribution in [3.63, 3.8) is 0 Å². The Labute approximate surface area is 156 Å². The molecule has 27 heavy (non-hydrogen) atoms. The zero-order valence-corrected chi connectivity index (χ0v) is 15.2. The van der Waals surface area contributed by atoms with Crippen LogP contribution < -0.4 is 0 Å². The number of ether oxygens (including phenoxy) is 1. The second-order valence-corrected chi connectivity index (χ2v) is 7.95. The van der Waals surface area contributed by atoms with Crippen LogP contribution in [-0.2, 0) is 9.53 Å². The Morgan fingerprint density at radius 3 is 2.70 bits per heavy atom. The van der Waals surface area contributed by atoms with Crippen molar-refractivity contribution in [3.8, 4) is 11.4 Å². The zero-order chi connectivity index (χ0) is 18.5. The summed E-state index contributed by atoms with van der Waals surface area (Å²) in [5, 5.41) is 4.09. The molecule has 2 heterocycles. The van der Waals surface area contributed by atoms with Crippen molar-refractivity contribution >= 4 is 5.91 Å². The summed E-state index contributed by atoms with van der Waals surface area (Å²) in [4.78, 5) is 19.6. The molecule has 5 rings (SSSR count). The standard InChI is InChI=1S/C20H22FN3O3/c1-26-15-9-24(10-15)20(25)17-13-3-2-12(8-13)16(17)19-22-18(23-27-19)11-4-6-14(21)7-5-11/h4-7,12-13,15-17H,2-3,8-10H2,1H3/t12-,13+,16+,17+/m1/s1. The minimum atomic E-state index is -0.301. The molecule has 7 heteroatoms. The van der Waals surface area contributed by atoms with E-state index in [0.717, 1.165) is 19.3 Å². The fourth-order valence-electron chi connectivity index (χ4n) is 5.07. The molecular formula is C20H22FN3O3. The normalized spacial score (nSPS) is 29.9. The first-order chi connectivity index (χ1) is 13.1. The molecule has 142 valence electrons. The molecule has 3 aliphatic rings. The summed E-state index contributed by atoms with van der Waals surface area (Å²) < 4.78 is 24.0. The number of halogens is 1. The fourth-order valence-corrected chi connectivity index (χ4v) is 5.07. The maximum Gasteiger partial charge on any atom is 0.231 e. The van der Waals surface area contributed by atoms with Gasteiger partial charge >= 0.3 is 0 Å². The first-order valence-electron chi connectivity index (χ1n) is 9.55. The maximum absolute atomic E-state index is 13.1. The zero-order valence-electron chi connectivity index (χ0n) is 15.2. The van der Waals surface area contributed by atoms with Gasteiger partial charge in [0.1, 0.15) is 5.82 Å². The number of methoxy groups -OCH3 is 1. The lowest BCUT2D eigenvalue weighted by Gasteiger charge is -2.41. The number of carbonyl (C=O) groups is 1. The molecule has 1 aliphatic heterocycles. The van der Waals surface area contributed by atoms with Gasteiger partial charge < -0.3 is 14.2 Å². The Balaban J connectivity index is 1.40. The lowest BCUT2D eigenvalue weighted by Crippen LogP contribution is -2.57. The van der Waals surface area contributed by atoms with Gasteiger partial charge in [0.25, 0.3) is 0 Å². The third-order valence-corrected chi connectivity index (χ3v) is 6.52. The highest BCUT2D eigenvalue weighted by Crippen LogP contribution is 2.57. The van der Waals surface area contributed by atoms with Crippen LogP contribution in [0.25, 0.3) is 11.4 Å². The lowest BCUT2D eigenvalue weighted by molar-refractivity contribution is -0.150. The van der Waals surface area contributed by atoms with Crippen LogP contribution in [0.4, 0.5) is 4.39 Å². The Hall–Kier alpha value is -2.28. The van der Waals surface area contributed by atoms with E-state index in [9.17, 15) is 9.18 Å². The van der Waals surface area contributed by atoms with Gasteiger partial charge in [-0.15, -0.1) is 0 Å². The number of aromatic nitrogens is 2. The minimum absolute atomic E-state index is 0.0143. The van der Waals surface area contributed by atoms with Crippen molar-refractivity contribution in [2.45, 2.75) is 31.3 Å². The fraction of sp³-hybridized carbons (Fsp3) is 0.550. The van der Waals surface area contributed by atoms with Crippen LogP contribution in [0.2, 0.25) is 0 Å². The topological polar surface area (TPSA) is 68.5 Å². The number of carbonyl (C=O) groups excluding carboxylic acids is 1. The summed E-state index contributed by atoms with van der Waals surface area (Å²) in [6, 6.07) is 6.04. The van der Waals surface area contributed by atoms with E-state index in [4.69, 9.17) is 9.26 Å². The molecule has 2 aliphatic carbocycles. The van der Waals surface area contributed by atoms with Crippen LogP contribution in [0.5, 0.6) is 0 Å². The van der Waals surface area contributed by atoms with Crippen LogP contribution >= 0.6 is 0 Å². The summed E-state index contributed by atoms with van der Waals surface area (Å²) in [5.41, 5.74) is 0.711. The van der Waals surface area contributed by atoms with Crippen molar-refractivity contribution in [3.05, 3.63) is 36.0 Å². The summed E-state index contributed by atoms with van der Waals surface area (Å²) in [7, 11) is 1.68. The first-order valence-corrected chi connectivity index (χ1v) is 9.55. The highest BCUT2D eigenvalue weighted by atomic mass is 19.1. The molecule has 1 amide bonds. The Morgan fingerprint density at radius 1 is 1.22 bits per heavy atom. The molecule has 4 atom stereocenters.